The average molecular weight is 677 g/mol. The van der Waals surface area contributed by atoms with Gasteiger partial charge in [-0.1, -0.05) is 121 Å². The van der Waals surface area contributed by atoms with Gasteiger partial charge in [-0.3, -0.25) is 0 Å². The van der Waals surface area contributed by atoms with Crippen LogP contribution in [0.1, 0.15) is 0 Å². The molecule has 3 nitrogen and oxygen atoms in total. The third-order valence-electron chi connectivity index (χ3n) is 10.8. The maximum atomic E-state index is 6.25. The number of aromatic nitrogens is 1. The quantitative estimate of drug-likeness (QED) is 0.169. The van der Waals surface area contributed by atoms with Crippen LogP contribution in [0.15, 0.2) is 199 Å². The molecule has 2 heterocycles. The molecule has 0 fully saturated rings. The molecule has 3 heteroatoms. The number of para-hydroxylation sites is 3. The Morgan fingerprint density at radius 2 is 0.943 bits per heavy atom. The van der Waals surface area contributed by atoms with Crippen molar-refractivity contribution in [3.05, 3.63) is 194 Å². The molecule has 0 unspecified atom stereocenters. The van der Waals surface area contributed by atoms with E-state index in [0.717, 1.165) is 50.2 Å². The number of hydrogen-bond acceptors (Lipinski definition) is 2. The van der Waals surface area contributed by atoms with Gasteiger partial charge in [-0.05, 0) is 105 Å². The number of furan rings is 1. The molecule has 0 saturated heterocycles. The average Bonchev–Trinajstić information content (AvgIpc) is 3.76. The van der Waals surface area contributed by atoms with Crippen LogP contribution in [0.2, 0.25) is 0 Å². The largest absolute Gasteiger partial charge is 0.456 e. The van der Waals surface area contributed by atoms with Crippen molar-refractivity contribution in [1.29, 1.82) is 0 Å². The van der Waals surface area contributed by atoms with E-state index < -0.39 is 0 Å². The highest BCUT2D eigenvalue weighted by atomic mass is 16.3. The van der Waals surface area contributed by atoms with Crippen molar-refractivity contribution in [1.82, 2.24) is 4.57 Å². The zero-order chi connectivity index (χ0) is 34.9. The van der Waals surface area contributed by atoms with E-state index in [4.69, 9.17) is 4.42 Å². The Hall–Kier alpha value is -7.10. The van der Waals surface area contributed by atoms with Gasteiger partial charge in [-0.2, -0.15) is 0 Å². The minimum absolute atomic E-state index is 0.883. The van der Waals surface area contributed by atoms with E-state index in [-0.39, 0.29) is 0 Å². The molecule has 0 radical (unpaired) electrons. The van der Waals surface area contributed by atoms with E-state index in [1.807, 2.05) is 12.1 Å². The summed E-state index contributed by atoms with van der Waals surface area (Å²) < 4.78 is 8.63. The summed E-state index contributed by atoms with van der Waals surface area (Å²) >= 11 is 0. The molecule has 0 aliphatic carbocycles. The molecule has 0 aliphatic heterocycles. The molecule has 0 bridgehead atoms. The van der Waals surface area contributed by atoms with Gasteiger partial charge in [-0.25, -0.2) is 0 Å². The molecule has 11 aromatic rings. The SMILES string of the molecule is c1ccc(-n2c3ccccc3c3ccc(N(c4ccc(-c5ccc6c(ccc7ccccc76)c5)cc4)c4ccc5oc6ccccc6c5c4)cc32)cc1. The van der Waals surface area contributed by atoms with Gasteiger partial charge in [0.05, 0.1) is 11.0 Å². The molecule has 0 saturated carbocycles. The lowest BCUT2D eigenvalue weighted by Gasteiger charge is -2.26. The Kier molecular flexibility index (Phi) is 6.55. The smallest absolute Gasteiger partial charge is 0.135 e. The van der Waals surface area contributed by atoms with E-state index in [0.29, 0.717) is 0 Å². The predicted molar refractivity (Wildman–Crippen MR) is 223 cm³/mol. The molecular weight excluding hydrogens is 645 g/mol. The number of nitrogens with zero attached hydrogens (tertiary/aromatic N) is 2. The minimum Gasteiger partial charge on any atom is -0.456 e. The van der Waals surface area contributed by atoms with Crippen molar-refractivity contribution in [3.8, 4) is 16.8 Å². The van der Waals surface area contributed by atoms with Crippen molar-refractivity contribution < 1.29 is 4.42 Å². The van der Waals surface area contributed by atoms with Crippen LogP contribution >= 0.6 is 0 Å². The lowest BCUT2D eigenvalue weighted by molar-refractivity contribution is 0.669. The van der Waals surface area contributed by atoms with E-state index in [2.05, 4.69) is 191 Å². The third kappa shape index (κ3) is 4.75. The second-order valence-corrected chi connectivity index (χ2v) is 13.8. The summed E-state index contributed by atoms with van der Waals surface area (Å²) in [4.78, 5) is 2.37. The first-order chi connectivity index (χ1) is 26.3. The Balaban J connectivity index is 1.09. The summed E-state index contributed by atoms with van der Waals surface area (Å²) in [6.45, 7) is 0. The number of rotatable bonds is 5. The van der Waals surface area contributed by atoms with Crippen LogP contribution in [0.5, 0.6) is 0 Å². The van der Waals surface area contributed by atoms with Crippen molar-refractivity contribution >= 4 is 82.4 Å². The van der Waals surface area contributed by atoms with Crippen LogP contribution in [-0.4, -0.2) is 4.57 Å². The van der Waals surface area contributed by atoms with Crippen LogP contribution < -0.4 is 4.90 Å². The van der Waals surface area contributed by atoms with Gasteiger partial charge in [-0.15, -0.1) is 0 Å². The number of anilines is 3. The summed E-state index contributed by atoms with van der Waals surface area (Å²) in [5, 5.41) is 9.75. The highest BCUT2D eigenvalue weighted by Crippen LogP contribution is 2.42. The molecule has 9 aromatic carbocycles. The minimum atomic E-state index is 0.883. The normalized spacial score (nSPS) is 11.8. The van der Waals surface area contributed by atoms with Crippen molar-refractivity contribution in [2.24, 2.45) is 0 Å². The third-order valence-corrected chi connectivity index (χ3v) is 10.8. The van der Waals surface area contributed by atoms with Gasteiger partial charge in [0.25, 0.3) is 0 Å². The second-order valence-electron chi connectivity index (χ2n) is 13.8. The van der Waals surface area contributed by atoms with Crippen LogP contribution in [-0.2, 0) is 0 Å². The summed E-state index contributed by atoms with van der Waals surface area (Å²) in [7, 11) is 0. The van der Waals surface area contributed by atoms with Crippen molar-refractivity contribution in [2.45, 2.75) is 0 Å². The fourth-order valence-electron chi connectivity index (χ4n) is 8.25. The zero-order valence-corrected chi connectivity index (χ0v) is 28.8. The number of benzene rings is 9. The topological polar surface area (TPSA) is 21.3 Å². The fraction of sp³-hybridized carbons (Fsp3) is 0. The van der Waals surface area contributed by atoms with Crippen LogP contribution in [0, 0.1) is 0 Å². The van der Waals surface area contributed by atoms with Crippen LogP contribution in [0.3, 0.4) is 0 Å². The molecule has 248 valence electrons. The number of fused-ring (bicyclic) bond motifs is 9. The summed E-state index contributed by atoms with van der Waals surface area (Å²) in [5.41, 5.74) is 10.9. The summed E-state index contributed by atoms with van der Waals surface area (Å²) in [6.07, 6.45) is 0. The highest BCUT2D eigenvalue weighted by molar-refractivity contribution is 6.11. The highest BCUT2D eigenvalue weighted by Gasteiger charge is 2.19. The van der Waals surface area contributed by atoms with Gasteiger partial charge in [0.1, 0.15) is 11.2 Å². The molecule has 11 rings (SSSR count). The lowest BCUT2D eigenvalue weighted by atomic mass is 9.97. The van der Waals surface area contributed by atoms with E-state index >= 15 is 0 Å². The Labute approximate surface area is 306 Å². The summed E-state index contributed by atoms with van der Waals surface area (Å²) in [5.74, 6) is 0. The molecule has 0 spiro atoms. The fourth-order valence-corrected chi connectivity index (χ4v) is 8.25. The second kappa shape index (κ2) is 11.7. The molecule has 2 aromatic heterocycles. The first kappa shape index (κ1) is 29.6. The van der Waals surface area contributed by atoms with Crippen molar-refractivity contribution in [3.63, 3.8) is 0 Å². The zero-order valence-electron chi connectivity index (χ0n) is 28.8. The lowest BCUT2D eigenvalue weighted by Crippen LogP contribution is -2.10. The maximum absolute atomic E-state index is 6.25. The van der Waals surface area contributed by atoms with Gasteiger partial charge >= 0.3 is 0 Å². The number of hydrogen-bond donors (Lipinski definition) is 0. The van der Waals surface area contributed by atoms with Crippen LogP contribution in [0.25, 0.3) is 82.1 Å². The Morgan fingerprint density at radius 1 is 0.340 bits per heavy atom. The predicted octanol–water partition coefficient (Wildman–Crippen LogP) is 14.1. The van der Waals surface area contributed by atoms with Crippen LogP contribution in [0.4, 0.5) is 17.1 Å². The summed E-state index contributed by atoms with van der Waals surface area (Å²) in [6, 6.07) is 69.9. The molecule has 0 N–H and O–H groups in total. The van der Waals surface area contributed by atoms with E-state index in [9.17, 15) is 0 Å². The maximum Gasteiger partial charge on any atom is 0.135 e. The monoisotopic (exact) mass is 676 g/mol. The first-order valence-corrected chi connectivity index (χ1v) is 18.1. The molecule has 0 aliphatic rings. The standard InChI is InChI=1S/C50H32N2O/c1-2-11-37(12-3-1)52-47-16-8-6-14-43(47)44-28-25-40(32-48(44)52)51(39-26-29-50-46(31-39)45-15-7-9-17-49(45)53-50)38-23-20-33(21-24-38)35-22-27-42-36(30-35)19-18-34-10-4-5-13-41(34)42/h1-32H. The molecule has 53 heavy (non-hydrogen) atoms. The molecule has 0 atom stereocenters. The van der Waals surface area contributed by atoms with E-state index in [1.165, 1.54) is 49.0 Å². The Morgan fingerprint density at radius 3 is 1.83 bits per heavy atom. The molecular formula is C50H32N2O. The molecule has 0 amide bonds. The van der Waals surface area contributed by atoms with Gasteiger partial charge in [0, 0.05) is 44.3 Å². The first-order valence-electron chi connectivity index (χ1n) is 18.1. The van der Waals surface area contributed by atoms with Gasteiger partial charge < -0.3 is 13.9 Å². The van der Waals surface area contributed by atoms with Crippen molar-refractivity contribution in [2.75, 3.05) is 4.90 Å². The Bertz CT molecular complexity index is 3170. The van der Waals surface area contributed by atoms with Gasteiger partial charge in [0.15, 0.2) is 0 Å². The van der Waals surface area contributed by atoms with E-state index in [1.54, 1.807) is 0 Å². The van der Waals surface area contributed by atoms with Gasteiger partial charge in [0.2, 0.25) is 0 Å².